The number of esters is 1. The molecular weight excluding hydrogens is 420 g/mol. The van der Waals surface area contributed by atoms with Gasteiger partial charge in [-0.25, -0.2) is 0 Å². The standard InChI is InChI=1S/C27H50O6/c1-6-11-27(32)33-24(16-7-12-20(2)22(4)14-9-18-25(28)29)17-8-13-21(3)23(5)15-10-19-26(30)31/h20-24H,6-19H2,1-5H3,(H,28,29)(H,30,31). The molecule has 0 saturated carbocycles. The summed E-state index contributed by atoms with van der Waals surface area (Å²) in [5.74, 6) is 0.483. The Morgan fingerprint density at radius 2 is 0.970 bits per heavy atom. The van der Waals surface area contributed by atoms with E-state index in [4.69, 9.17) is 14.9 Å². The fraction of sp³-hybridized carbons (Fsp3) is 0.889. The number of hydrogen-bond acceptors (Lipinski definition) is 4. The average Bonchev–Trinajstić information content (AvgIpc) is 2.72. The second-order valence-corrected chi connectivity index (χ2v) is 10.2. The molecule has 6 nitrogen and oxygen atoms in total. The predicted octanol–water partition coefficient (Wildman–Crippen LogP) is 7.09. The van der Waals surface area contributed by atoms with Gasteiger partial charge < -0.3 is 14.9 Å². The number of carbonyl (C=O) groups is 3. The van der Waals surface area contributed by atoms with Crippen molar-refractivity contribution in [2.45, 2.75) is 131 Å². The van der Waals surface area contributed by atoms with Gasteiger partial charge in [-0.3, -0.25) is 14.4 Å². The summed E-state index contributed by atoms with van der Waals surface area (Å²) in [6.45, 7) is 10.8. The Hall–Kier alpha value is -1.59. The van der Waals surface area contributed by atoms with Crippen molar-refractivity contribution in [1.29, 1.82) is 0 Å². The maximum Gasteiger partial charge on any atom is 0.306 e. The minimum atomic E-state index is -0.726. The van der Waals surface area contributed by atoms with Crippen LogP contribution in [0.25, 0.3) is 0 Å². The molecule has 0 aliphatic heterocycles. The summed E-state index contributed by atoms with van der Waals surface area (Å²) < 4.78 is 5.79. The van der Waals surface area contributed by atoms with Crippen molar-refractivity contribution in [3.63, 3.8) is 0 Å². The fourth-order valence-electron chi connectivity index (χ4n) is 4.33. The number of carboxylic acid groups (broad SMARTS) is 2. The van der Waals surface area contributed by atoms with Crippen LogP contribution in [0.4, 0.5) is 0 Å². The van der Waals surface area contributed by atoms with Crippen LogP contribution in [0.3, 0.4) is 0 Å². The molecule has 4 unspecified atom stereocenters. The van der Waals surface area contributed by atoms with Crippen LogP contribution >= 0.6 is 0 Å². The van der Waals surface area contributed by atoms with Gasteiger partial charge in [-0.15, -0.1) is 0 Å². The van der Waals surface area contributed by atoms with Crippen molar-refractivity contribution in [3.8, 4) is 0 Å². The number of aliphatic carboxylic acids is 2. The molecule has 0 aliphatic rings. The molecule has 0 amide bonds. The van der Waals surface area contributed by atoms with E-state index in [0.717, 1.165) is 70.6 Å². The van der Waals surface area contributed by atoms with Gasteiger partial charge in [-0.05, 0) is 81.5 Å². The smallest absolute Gasteiger partial charge is 0.306 e. The van der Waals surface area contributed by atoms with Gasteiger partial charge in [-0.2, -0.15) is 0 Å². The van der Waals surface area contributed by atoms with Crippen LogP contribution in [0.5, 0.6) is 0 Å². The molecule has 0 rings (SSSR count). The molecule has 0 bridgehead atoms. The lowest BCUT2D eigenvalue weighted by Gasteiger charge is -2.23. The van der Waals surface area contributed by atoms with E-state index >= 15 is 0 Å². The zero-order valence-electron chi connectivity index (χ0n) is 21.8. The van der Waals surface area contributed by atoms with Crippen LogP contribution in [-0.2, 0) is 19.1 Å². The summed E-state index contributed by atoms with van der Waals surface area (Å²) >= 11 is 0. The molecule has 33 heavy (non-hydrogen) atoms. The summed E-state index contributed by atoms with van der Waals surface area (Å²) in [5.41, 5.74) is 0. The Labute approximate surface area is 201 Å². The maximum atomic E-state index is 12.1. The molecule has 0 aromatic rings. The first-order valence-electron chi connectivity index (χ1n) is 13.2. The van der Waals surface area contributed by atoms with E-state index in [1.807, 2.05) is 6.92 Å². The molecule has 6 heteroatoms. The van der Waals surface area contributed by atoms with Gasteiger partial charge in [0.15, 0.2) is 0 Å². The molecule has 0 aliphatic carbocycles. The van der Waals surface area contributed by atoms with Crippen molar-refractivity contribution in [1.82, 2.24) is 0 Å². The molecular formula is C27H50O6. The molecule has 194 valence electrons. The highest BCUT2D eigenvalue weighted by molar-refractivity contribution is 5.69. The first-order valence-corrected chi connectivity index (χ1v) is 13.2. The van der Waals surface area contributed by atoms with Gasteiger partial charge in [0, 0.05) is 19.3 Å². The molecule has 0 saturated heterocycles. The third-order valence-electron chi connectivity index (χ3n) is 7.17. The summed E-state index contributed by atoms with van der Waals surface area (Å²) in [7, 11) is 0. The Balaban J connectivity index is 4.43. The molecule has 0 fully saturated rings. The van der Waals surface area contributed by atoms with E-state index in [9.17, 15) is 14.4 Å². The SMILES string of the molecule is CCCC(=O)OC(CCCC(C)C(C)CCCC(=O)O)CCCC(C)C(C)CCCC(=O)O. The van der Waals surface area contributed by atoms with Crippen LogP contribution in [-0.4, -0.2) is 34.2 Å². The highest BCUT2D eigenvalue weighted by Gasteiger charge is 2.19. The second kappa shape index (κ2) is 18.8. The van der Waals surface area contributed by atoms with Crippen molar-refractivity contribution >= 4 is 17.9 Å². The number of rotatable bonds is 21. The minimum absolute atomic E-state index is 0.0342. The van der Waals surface area contributed by atoms with E-state index in [2.05, 4.69) is 27.7 Å². The normalized spacial score (nSPS) is 15.9. The fourth-order valence-corrected chi connectivity index (χ4v) is 4.33. The van der Waals surface area contributed by atoms with Crippen LogP contribution in [0, 0.1) is 23.7 Å². The van der Waals surface area contributed by atoms with Crippen LogP contribution < -0.4 is 0 Å². The Bertz CT molecular complexity index is 509. The third-order valence-corrected chi connectivity index (χ3v) is 7.17. The van der Waals surface area contributed by atoms with Crippen molar-refractivity contribution in [2.24, 2.45) is 23.7 Å². The number of carbonyl (C=O) groups excluding carboxylic acids is 1. The van der Waals surface area contributed by atoms with Gasteiger partial charge in [0.2, 0.25) is 0 Å². The summed E-state index contributed by atoms with van der Waals surface area (Å²) in [6, 6.07) is 0. The third kappa shape index (κ3) is 17.5. The largest absolute Gasteiger partial charge is 0.481 e. The highest BCUT2D eigenvalue weighted by Crippen LogP contribution is 2.26. The quantitative estimate of drug-likeness (QED) is 0.174. The van der Waals surface area contributed by atoms with Crippen molar-refractivity contribution in [2.75, 3.05) is 0 Å². The lowest BCUT2D eigenvalue weighted by atomic mass is 9.85. The van der Waals surface area contributed by atoms with Crippen LogP contribution in [0.2, 0.25) is 0 Å². The Morgan fingerprint density at radius 3 is 1.30 bits per heavy atom. The topological polar surface area (TPSA) is 101 Å². The predicted molar refractivity (Wildman–Crippen MR) is 132 cm³/mol. The average molecular weight is 471 g/mol. The van der Waals surface area contributed by atoms with Gasteiger partial charge in [-0.1, -0.05) is 47.5 Å². The van der Waals surface area contributed by atoms with Crippen molar-refractivity contribution in [3.05, 3.63) is 0 Å². The Morgan fingerprint density at radius 1 is 0.606 bits per heavy atom. The highest BCUT2D eigenvalue weighted by atomic mass is 16.5. The molecule has 2 N–H and O–H groups in total. The summed E-state index contributed by atoms with van der Waals surface area (Å²) in [4.78, 5) is 33.5. The van der Waals surface area contributed by atoms with Gasteiger partial charge >= 0.3 is 17.9 Å². The number of carboxylic acids is 2. The monoisotopic (exact) mass is 470 g/mol. The van der Waals surface area contributed by atoms with Gasteiger partial charge in [0.25, 0.3) is 0 Å². The molecule has 0 aromatic heterocycles. The number of ether oxygens (including phenoxy) is 1. The van der Waals surface area contributed by atoms with E-state index in [1.54, 1.807) is 0 Å². The molecule has 4 atom stereocenters. The second-order valence-electron chi connectivity index (χ2n) is 10.2. The lowest BCUT2D eigenvalue weighted by molar-refractivity contribution is -0.150. The molecule has 0 aromatic carbocycles. The van der Waals surface area contributed by atoms with Crippen LogP contribution in [0.15, 0.2) is 0 Å². The molecule has 0 radical (unpaired) electrons. The van der Waals surface area contributed by atoms with Crippen molar-refractivity contribution < 1.29 is 29.3 Å². The van der Waals surface area contributed by atoms with Gasteiger partial charge in [0.1, 0.15) is 6.10 Å². The molecule has 0 spiro atoms. The maximum absolute atomic E-state index is 12.1. The van der Waals surface area contributed by atoms with E-state index < -0.39 is 11.9 Å². The summed E-state index contributed by atoms with van der Waals surface area (Å²) in [5, 5.41) is 17.6. The first-order chi connectivity index (χ1) is 15.6. The lowest BCUT2D eigenvalue weighted by Crippen LogP contribution is -2.19. The zero-order chi connectivity index (χ0) is 25.2. The van der Waals surface area contributed by atoms with E-state index in [0.29, 0.717) is 30.1 Å². The summed E-state index contributed by atoms with van der Waals surface area (Å²) in [6.07, 6.45) is 10.9. The molecule has 0 heterocycles. The van der Waals surface area contributed by atoms with E-state index in [-0.39, 0.29) is 24.9 Å². The zero-order valence-corrected chi connectivity index (χ0v) is 21.8. The van der Waals surface area contributed by atoms with Crippen LogP contribution in [0.1, 0.15) is 125 Å². The first kappa shape index (κ1) is 31.4. The minimum Gasteiger partial charge on any atom is -0.481 e. The van der Waals surface area contributed by atoms with Gasteiger partial charge in [0.05, 0.1) is 0 Å². The number of hydrogen-bond donors (Lipinski definition) is 2. The Kier molecular flexibility index (Phi) is 17.9. The van der Waals surface area contributed by atoms with E-state index in [1.165, 1.54) is 0 Å².